The van der Waals surface area contributed by atoms with Crippen molar-refractivity contribution in [3.05, 3.63) is 42.0 Å². The molecule has 2 aromatic rings. The lowest BCUT2D eigenvalue weighted by molar-refractivity contribution is 0.104. The van der Waals surface area contributed by atoms with Crippen LogP contribution in [0.1, 0.15) is 38.6 Å². The van der Waals surface area contributed by atoms with Gasteiger partial charge < -0.3 is 9.84 Å². The monoisotopic (exact) mass is 316 g/mol. The molecule has 1 unspecified atom stereocenters. The predicted octanol–water partition coefficient (Wildman–Crippen LogP) is 1.79. The summed E-state index contributed by atoms with van der Waals surface area (Å²) in [6, 6.07) is 7.87. The van der Waals surface area contributed by atoms with Gasteiger partial charge in [0.05, 0.1) is 30.8 Å². The first-order chi connectivity index (χ1) is 11.0. The Balaban J connectivity index is 1.86. The van der Waals surface area contributed by atoms with Crippen molar-refractivity contribution in [2.24, 2.45) is 0 Å². The third-order valence-electron chi connectivity index (χ3n) is 4.30. The molecule has 0 amide bonds. The van der Waals surface area contributed by atoms with Crippen molar-refractivity contribution in [1.82, 2.24) is 20.1 Å². The zero-order chi connectivity index (χ0) is 16.5. The first-order valence-electron chi connectivity index (χ1n) is 7.94. The maximum absolute atomic E-state index is 10.1. The summed E-state index contributed by atoms with van der Waals surface area (Å²) in [5.41, 5.74) is 0.354. The summed E-state index contributed by atoms with van der Waals surface area (Å²) in [4.78, 5) is 4.36. The topological polar surface area (TPSA) is 72.2 Å². The Hall–Kier alpha value is -1.92. The van der Waals surface area contributed by atoms with Gasteiger partial charge in [-0.25, -0.2) is 9.67 Å². The van der Waals surface area contributed by atoms with Crippen LogP contribution in [0.4, 0.5) is 0 Å². The fourth-order valence-electron chi connectivity index (χ4n) is 3.06. The fourth-order valence-corrected chi connectivity index (χ4v) is 3.06. The molecule has 6 heteroatoms. The Morgan fingerprint density at radius 2 is 2.13 bits per heavy atom. The maximum Gasteiger partial charge on any atom is 0.141 e. The summed E-state index contributed by atoms with van der Waals surface area (Å²) in [5.74, 6) is 1.69. The van der Waals surface area contributed by atoms with Crippen molar-refractivity contribution in [2.75, 3.05) is 13.2 Å². The SMILES string of the molecule is CC(C)(C)n1ncnc1CNC1(CO)CCOc2ccccc21. The molecular weight excluding hydrogens is 292 g/mol. The van der Waals surface area contributed by atoms with E-state index in [9.17, 15) is 5.11 Å². The normalized spacial score (nSPS) is 20.9. The fraction of sp³-hybridized carbons (Fsp3) is 0.529. The first-order valence-corrected chi connectivity index (χ1v) is 7.94. The summed E-state index contributed by atoms with van der Waals surface area (Å²) >= 11 is 0. The van der Waals surface area contributed by atoms with Gasteiger partial charge >= 0.3 is 0 Å². The predicted molar refractivity (Wildman–Crippen MR) is 87.2 cm³/mol. The number of aromatic nitrogens is 3. The number of nitrogens with zero attached hydrogens (tertiary/aromatic N) is 3. The van der Waals surface area contributed by atoms with Gasteiger partial charge in [-0.1, -0.05) is 18.2 Å². The van der Waals surface area contributed by atoms with Gasteiger partial charge in [-0.2, -0.15) is 5.10 Å². The van der Waals surface area contributed by atoms with Gasteiger partial charge in [-0.15, -0.1) is 0 Å². The van der Waals surface area contributed by atoms with Gasteiger partial charge in [-0.3, -0.25) is 5.32 Å². The first kappa shape index (κ1) is 16.0. The average molecular weight is 316 g/mol. The van der Waals surface area contributed by atoms with Crippen LogP contribution in [0.25, 0.3) is 0 Å². The lowest BCUT2D eigenvalue weighted by Gasteiger charge is -2.38. The molecule has 1 aromatic heterocycles. The highest BCUT2D eigenvalue weighted by Gasteiger charge is 2.37. The van der Waals surface area contributed by atoms with Crippen LogP contribution in [-0.2, 0) is 17.6 Å². The third-order valence-corrected chi connectivity index (χ3v) is 4.30. The largest absolute Gasteiger partial charge is 0.493 e. The van der Waals surface area contributed by atoms with Gasteiger partial charge in [0.1, 0.15) is 17.9 Å². The van der Waals surface area contributed by atoms with Crippen LogP contribution in [0.2, 0.25) is 0 Å². The van der Waals surface area contributed by atoms with E-state index < -0.39 is 5.54 Å². The van der Waals surface area contributed by atoms with Crippen molar-refractivity contribution >= 4 is 0 Å². The molecule has 1 atom stereocenters. The number of aliphatic hydroxyl groups is 1. The molecule has 1 aliphatic heterocycles. The molecule has 23 heavy (non-hydrogen) atoms. The van der Waals surface area contributed by atoms with E-state index in [-0.39, 0.29) is 12.1 Å². The second kappa shape index (κ2) is 5.94. The minimum absolute atomic E-state index is 0.0109. The van der Waals surface area contributed by atoms with Crippen LogP contribution in [0.3, 0.4) is 0 Å². The molecule has 0 spiro atoms. The average Bonchev–Trinajstić information content (AvgIpc) is 3.02. The minimum atomic E-state index is -0.510. The van der Waals surface area contributed by atoms with Crippen LogP contribution in [-0.4, -0.2) is 33.1 Å². The van der Waals surface area contributed by atoms with E-state index in [1.165, 1.54) is 0 Å². The van der Waals surface area contributed by atoms with Crippen molar-refractivity contribution in [1.29, 1.82) is 0 Å². The molecule has 0 bridgehead atoms. The number of rotatable bonds is 4. The molecule has 3 rings (SSSR count). The van der Waals surface area contributed by atoms with E-state index >= 15 is 0 Å². The molecule has 2 N–H and O–H groups in total. The summed E-state index contributed by atoms with van der Waals surface area (Å²) in [6.07, 6.45) is 2.29. The van der Waals surface area contributed by atoms with E-state index in [0.29, 0.717) is 19.6 Å². The van der Waals surface area contributed by atoms with E-state index in [1.807, 2.05) is 28.9 Å². The molecule has 6 nitrogen and oxygen atoms in total. The minimum Gasteiger partial charge on any atom is -0.493 e. The van der Waals surface area contributed by atoms with Gasteiger partial charge in [-0.05, 0) is 26.8 Å². The highest BCUT2D eigenvalue weighted by molar-refractivity contribution is 5.41. The van der Waals surface area contributed by atoms with Crippen molar-refractivity contribution in [3.63, 3.8) is 0 Å². The lowest BCUT2D eigenvalue weighted by atomic mass is 9.85. The zero-order valence-corrected chi connectivity index (χ0v) is 13.9. The van der Waals surface area contributed by atoms with Gasteiger partial charge in [0.2, 0.25) is 0 Å². The highest BCUT2D eigenvalue weighted by atomic mass is 16.5. The molecular formula is C17H24N4O2. The second-order valence-corrected chi connectivity index (χ2v) is 6.95. The maximum atomic E-state index is 10.1. The summed E-state index contributed by atoms with van der Waals surface area (Å²) in [6.45, 7) is 7.41. The molecule has 1 aliphatic rings. The van der Waals surface area contributed by atoms with E-state index in [1.54, 1.807) is 6.33 Å². The zero-order valence-electron chi connectivity index (χ0n) is 13.9. The number of hydrogen-bond donors (Lipinski definition) is 2. The van der Waals surface area contributed by atoms with Gasteiger partial charge in [0, 0.05) is 12.0 Å². The van der Waals surface area contributed by atoms with Crippen molar-refractivity contribution in [3.8, 4) is 5.75 Å². The molecule has 0 saturated heterocycles. The number of benzene rings is 1. The van der Waals surface area contributed by atoms with Crippen molar-refractivity contribution < 1.29 is 9.84 Å². The quantitative estimate of drug-likeness (QED) is 0.900. The van der Waals surface area contributed by atoms with Gasteiger partial charge in [0.15, 0.2) is 0 Å². The Labute approximate surface area is 136 Å². The number of aliphatic hydroxyl groups excluding tert-OH is 1. The standard InChI is InChI=1S/C17H24N4O2/c1-16(2,3)21-15(18-12-20-21)10-19-17(11-22)8-9-23-14-7-5-4-6-13(14)17/h4-7,12,19,22H,8-11H2,1-3H3. The van der Waals surface area contributed by atoms with Crippen LogP contribution < -0.4 is 10.1 Å². The summed E-state index contributed by atoms with van der Waals surface area (Å²) in [7, 11) is 0. The van der Waals surface area contributed by atoms with E-state index in [4.69, 9.17) is 4.74 Å². The van der Waals surface area contributed by atoms with Crippen LogP contribution in [0.5, 0.6) is 5.75 Å². The van der Waals surface area contributed by atoms with Gasteiger partial charge in [0.25, 0.3) is 0 Å². The number of fused-ring (bicyclic) bond motifs is 1. The molecule has 1 aromatic carbocycles. The number of nitrogens with one attached hydrogen (secondary N) is 1. The Bertz CT molecular complexity index is 677. The van der Waals surface area contributed by atoms with Crippen LogP contribution >= 0.6 is 0 Å². The Kier molecular flexibility index (Phi) is 4.12. The lowest BCUT2D eigenvalue weighted by Crippen LogP contribution is -2.49. The van der Waals surface area contributed by atoms with Crippen LogP contribution in [0.15, 0.2) is 30.6 Å². The smallest absolute Gasteiger partial charge is 0.141 e. The number of ether oxygens (including phenoxy) is 1. The Morgan fingerprint density at radius 3 is 2.87 bits per heavy atom. The van der Waals surface area contributed by atoms with Crippen LogP contribution in [0, 0.1) is 0 Å². The number of hydrogen-bond acceptors (Lipinski definition) is 5. The molecule has 0 saturated carbocycles. The van der Waals surface area contributed by atoms with Crippen molar-refractivity contribution in [2.45, 2.75) is 44.8 Å². The highest BCUT2D eigenvalue weighted by Crippen LogP contribution is 2.36. The second-order valence-electron chi connectivity index (χ2n) is 6.95. The molecule has 124 valence electrons. The number of para-hydroxylation sites is 1. The molecule has 2 heterocycles. The summed E-state index contributed by atoms with van der Waals surface area (Å²) < 4.78 is 7.62. The Morgan fingerprint density at radius 1 is 1.35 bits per heavy atom. The molecule has 0 fully saturated rings. The molecule has 0 radical (unpaired) electrons. The molecule has 0 aliphatic carbocycles. The summed E-state index contributed by atoms with van der Waals surface area (Å²) in [5, 5.41) is 17.9. The van der Waals surface area contributed by atoms with E-state index in [0.717, 1.165) is 17.1 Å². The third kappa shape index (κ3) is 2.96. The van der Waals surface area contributed by atoms with E-state index in [2.05, 4.69) is 36.2 Å².